The van der Waals surface area contributed by atoms with Gasteiger partial charge in [-0.05, 0) is 48.5 Å². The summed E-state index contributed by atoms with van der Waals surface area (Å²) in [6.45, 7) is 0. The number of benzene rings is 2. The average Bonchev–Trinajstić information content (AvgIpc) is 2.81. The number of hydrogen-bond acceptors (Lipinski definition) is 6. The molecule has 6 nitrogen and oxygen atoms in total. The fourth-order valence-electron chi connectivity index (χ4n) is 2.35. The molecule has 171 valence electrons. The number of hydrogen-bond donors (Lipinski definition) is 2. The van der Waals surface area contributed by atoms with Crippen molar-refractivity contribution >= 4 is 47.3 Å². The van der Waals surface area contributed by atoms with Crippen LogP contribution in [0.15, 0.2) is 95.2 Å². The van der Waals surface area contributed by atoms with Crippen LogP contribution in [0.4, 0.5) is 11.6 Å². The van der Waals surface area contributed by atoms with Gasteiger partial charge in [-0.25, -0.2) is 20.0 Å². The molecule has 0 aliphatic heterocycles. The number of halogens is 2. The van der Waals surface area contributed by atoms with Crippen LogP contribution in [0, 0.1) is 0 Å². The van der Waals surface area contributed by atoms with Gasteiger partial charge >= 0.3 is 0 Å². The molecule has 2 N–H and O–H groups in total. The standard InChI is InChI=1S/2C12H9ClN2O.Cu/c2*13-10-5-6-12(15-8-10)14-7-9-3-1-2-4-11(9)16;/h2*1-8,16H;. The summed E-state index contributed by atoms with van der Waals surface area (Å²) in [5, 5.41) is 20.1. The third kappa shape index (κ3) is 8.67. The van der Waals surface area contributed by atoms with E-state index in [1.54, 1.807) is 73.1 Å². The number of rotatable bonds is 4. The molecule has 0 atom stereocenters. The van der Waals surface area contributed by atoms with Gasteiger partial charge in [0.1, 0.15) is 11.5 Å². The number of phenols is 2. The van der Waals surface area contributed by atoms with Gasteiger partial charge in [0.2, 0.25) is 0 Å². The van der Waals surface area contributed by atoms with E-state index in [4.69, 9.17) is 23.2 Å². The average molecular weight is 529 g/mol. The second-order valence-electron chi connectivity index (χ2n) is 6.30. The van der Waals surface area contributed by atoms with E-state index in [-0.39, 0.29) is 28.6 Å². The van der Waals surface area contributed by atoms with E-state index in [1.165, 1.54) is 12.4 Å². The van der Waals surface area contributed by atoms with E-state index in [9.17, 15) is 10.2 Å². The van der Waals surface area contributed by atoms with Crippen molar-refractivity contribution in [1.29, 1.82) is 0 Å². The smallest absolute Gasteiger partial charge is 0.151 e. The van der Waals surface area contributed by atoms with Gasteiger partial charge in [0, 0.05) is 53.0 Å². The van der Waals surface area contributed by atoms with Gasteiger partial charge in [-0.2, -0.15) is 0 Å². The fourth-order valence-corrected chi connectivity index (χ4v) is 2.58. The summed E-state index contributed by atoms with van der Waals surface area (Å²) in [5.41, 5.74) is 1.30. The molecule has 2 aromatic carbocycles. The van der Waals surface area contributed by atoms with Crippen molar-refractivity contribution in [2.75, 3.05) is 0 Å². The molecule has 9 heteroatoms. The Morgan fingerprint density at radius 3 is 1.33 bits per heavy atom. The zero-order valence-electron chi connectivity index (χ0n) is 17.0. The van der Waals surface area contributed by atoms with Crippen LogP contribution in [0.1, 0.15) is 11.1 Å². The van der Waals surface area contributed by atoms with Crippen LogP contribution in [0.5, 0.6) is 11.5 Å². The molecule has 0 bridgehead atoms. The predicted octanol–water partition coefficient (Wildman–Crippen LogP) is 6.38. The van der Waals surface area contributed by atoms with E-state index in [0.29, 0.717) is 32.8 Å². The third-order valence-corrected chi connectivity index (χ3v) is 4.42. The van der Waals surface area contributed by atoms with Crippen LogP contribution in [0.25, 0.3) is 0 Å². The fraction of sp³-hybridized carbons (Fsp3) is 0. The van der Waals surface area contributed by atoms with Gasteiger partial charge in [0.15, 0.2) is 11.6 Å². The van der Waals surface area contributed by atoms with Gasteiger partial charge in [0.05, 0.1) is 10.0 Å². The Bertz CT molecular complexity index is 1120. The van der Waals surface area contributed by atoms with Gasteiger partial charge in [-0.1, -0.05) is 47.5 Å². The van der Waals surface area contributed by atoms with E-state index in [0.717, 1.165) is 0 Å². The summed E-state index contributed by atoms with van der Waals surface area (Å²) < 4.78 is 0. The molecule has 33 heavy (non-hydrogen) atoms. The SMILES string of the molecule is Oc1ccccc1C=Nc1ccc(Cl)cn1.Oc1ccccc1C=Nc1ccc(Cl)cn1.[Cu]. The van der Waals surface area contributed by atoms with Crippen LogP contribution in [-0.4, -0.2) is 32.6 Å². The Kier molecular flexibility index (Phi) is 10.5. The Labute approximate surface area is 211 Å². The van der Waals surface area contributed by atoms with Crippen LogP contribution in [0.3, 0.4) is 0 Å². The first-order chi connectivity index (χ1) is 15.5. The Morgan fingerprint density at radius 2 is 1.00 bits per heavy atom. The largest absolute Gasteiger partial charge is 0.507 e. The molecule has 0 unspecified atom stereocenters. The zero-order valence-corrected chi connectivity index (χ0v) is 19.4. The molecule has 0 amide bonds. The van der Waals surface area contributed by atoms with Crippen LogP contribution in [0.2, 0.25) is 10.0 Å². The molecule has 1 radical (unpaired) electrons. The van der Waals surface area contributed by atoms with Gasteiger partial charge in [0.25, 0.3) is 0 Å². The Balaban J connectivity index is 0.000000227. The van der Waals surface area contributed by atoms with E-state index >= 15 is 0 Å². The molecule has 0 fully saturated rings. The van der Waals surface area contributed by atoms with Crippen molar-refractivity contribution in [3.8, 4) is 11.5 Å². The van der Waals surface area contributed by atoms with E-state index in [1.807, 2.05) is 12.1 Å². The van der Waals surface area contributed by atoms with Crippen LogP contribution >= 0.6 is 23.2 Å². The second-order valence-corrected chi connectivity index (χ2v) is 7.18. The van der Waals surface area contributed by atoms with Crippen molar-refractivity contribution in [2.45, 2.75) is 0 Å². The first-order valence-electron chi connectivity index (χ1n) is 9.38. The van der Waals surface area contributed by atoms with Crippen molar-refractivity contribution in [3.05, 3.63) is 106 Å². The van der Waals surface area contributed by atoms with Crippen LogP contribution < -0.4 is 0 Å². The van der Waals surface area contributed by atoms with Gasteiger partial charge < -0.3 is 10.2 Å². The molecule has 4 rings (SSSR count). The molecule has 0 saturated carbocycles. The predicted molar refractivity (Wildman–Crippen MR) is 129 cm³/mol. The Morgan fingerprint density at radius 1 is 0.606 bits per heavy atom. The zero-order chi connectivity index (χ0) is 22.8. The summed E-state index contributed by atoms with van der Waals surface area (Å²) in [7, 11) is 0. The van der Waals surface area contributed by atoms with E-state index in [2.05, 4.69) is 20.0 Å². The molecule has 2 aromatic heterocycles. The number of pyridine rings is 2. The van der Waals surface area contributed by atoms with Crippen LogP contribution in [-0.2, 0) is 17.1 Å². The number of phenolic OH excluding ortho intramolecular Hbond substituents is 2. The topological polar surface area (TPSA) is 91.0 Å². The number of aromatic hydroxyl groups is 2. The molecule has 0 saturated heterocycles. The summed E-state index contributed by atoms with van der Waals surface area (Å²) >= 11 is 11.4. The molecule has 4 aromatic rings. The Hall–Kier alpha value is -3.22. The number of para-hydroxylation sites is 2. The second kappa shape index (κ2) is 13.4. The number of nitrogens with zero attached hydrogens (tertiary/aromatic N) is 4. The molecule has 0 aliphatic carbocycles. The quantitative estimate of drug-likeness (QED) is 0.237. The van der Waals surface area contributed by atoms with Crippen molar-refractivity contribution in [3.63, 3.8) is 0 Å². The van der Waals surface area contributed by atoms with Gasteiger partial charge in [-0.15, -0.1) is 0 Å². The molecular formula is C24H18Cl2CuN4O2. The molecule has 0 aliphatic rings. The normalized spacial score (nSPS) is 10.5. The summed E-state index contributed by atoms with van der Waals surface area (Å²) in [6, 6.07) is 20.8. The maximum absolute atomic E-state index is 9.50. The van der Waals surface area contributed by atoms with Crippen molar-refractivity contribution in [2.24, 2.45) is 9.98 Å². The molecular weight excluding hydrogens is 511 g/mol. The monoisotopic (exact) mass is 527 g/mol. The number of aliphatic imine (C=N–C) groups is 2. The van der Waals surface area contributed by atoms with Crippen molar-refractivity contribution < 1.29 is 27.3 Å². The van der Waals surface area contributed by atoms with Crippen molar-refractivity contribution in [1.82, 2.24) is 9.97 Å². The summed E-state index contributed by atoms with van der Waals surface area (Å²) in [5.74, 6) is 1.49. The van der Waals surface area contributed by atoms with E-state index < -0.39 is 0 Å². The number of aromatic nitrogens is 2. The van der Waals surface area contributed by atoms with Gasteiger partial charge in [-0.3, -0.25) is 0 Å². The minimum absolute atomic E-state index is 0. The molecule has 2 heterocycles. The minimum Gasteiger partial charge on any atom is -0.507 e. The maximum atomic E-state index is 9.50. The summed E-state index contributed by atoms with van der Waals surface area (Å²) in [4.78, 5) is 16.3. The first kappa shape index (κ1) is 26.0. The summed E-state index contributed by atoms with van der Waals surface area (Å²) in [6.07, 6.45) is 6.18. The molecule has 0 spiro atoms. The minimum atomic E-state index is 0. The maximum Gasteiger partial charge on any atom is 0.151 e. The third-order valence-electron chi connectivity index (χ3n) is 3.97. The first-order valence-corrected chi connectivity index (χ1v) is 10.1.